The largest absolute Gasteiger partial charge is 0.435 e. The third-order valence-corrected chi connectivity index (χ3v) is 6.07. The van der Waals surface area contributed by atoms with Gasteiger partial charge in [0.15, 0.2) is 5.17 Å². The van der Waals surface area contributed by atoms with Crippen molar-refractivity contribution < 1.29 is 18.3 Å². The first kappa shape index (κ1) is 20.9. The lowest BCUT2D eigenvalue weighted by Crippen LogP contribution is -2.26. The summed E-state index contributed by atoms with van der Waals surface area (Å²) in [6.07, 6.45) is 2.40. The highest BCUT2D eigenvalue weighted by Crippen LogP contribution is 2.26. The zero-order valence-corrected chi connectivity index (χ0v) is 17.7. The van der Waals surface area contributed by atoms with Gasteiger partial charge in [-0.05, 0) is 57.0 Å². The first-order valence-electron chi connectivity index (χ1n) is 9.87. The molecule has 1 N–H and O–H groups in total. The molecule has 0 aliphatic carbocycles. The maximum Gasteiger partial charge on any atom is 0.387 e. The van der Waals surface area contributed by atoms with Crippen LogP contribution in [0.25, 0.3) is 5.69 Å². The van der Waals surface area contributed by atoms with Crippen LogP contribution in [0.5, 0.6) is 5.75 Å². The van der Waals surface area contributed by atoms with E-state index in [1.165, 1.54) is 0 Å². The van der Waals surface area contributed by atoms with E-state index in [0.29, 0.717) is 6.54 Å². The van der Waals surface area contributed by atoms with Crippen LogP contribution in [0.3, 0.4) is 0 Å². The van der Waals surface area contributed by atoms with E-state index in [0.717, 1.165) is 58.7 Å². The van der Waals surface area contributed by atoms with Crippen LogP contribution in [-0.2, 0) is 4.74 Å². The van der Waals surface area contributed by atoms with Crippen molar-refractivity contribution >= 4 is 22.6 Å². The van der Waals surface area contributed by atoms with Crippen molar-refractivity contribution in [3.63, 3.8) is 0 Å². The van der Waals surface area contributed by atoms with Crippen LogP contribution in [0.15, 0.2) is 40.4 Å². The predicted octanol–water partition coefficient (Wildman–Crippen LogP) is 4.27. The van der Waals surface area contributed by atoms with Crippen molar-refractivity contribution in [1.82, 2.24) is 9.99 Å². The van der Waals surface area contributed by atoms with Gasteiger partial charge in [0.2, 0.25) is 0 Å². The number of alkyl halides is 2. The van der Waals surface area contributed by atoms with Crippen LogP contribution in [-0.4, -0.2) is 47.1 Å². The number of aryl methyl sites for hydroxylation is 1. The number of nitrogens with one attached hydrogen (secondary N) is 1. The number of hydrazone groups is 1. The number of benzene rings is 1. The number of aliphatic imine (C=N–C) groups is 1. The van der Waals surface area contributed by atoms with Gasteiger partial charge in [-0.3, -0.25) is 10.4 Å². The molecule has 0 unspecified atom stereocenters. The van der Waals surface area contributed by atoms with Crippen molar-refractivity contribution in [1.29, 1.82) is 0 Å². The fraction of sp³-hybridized carbons (Fsp3) is 0.429. The van der Waals surface area contributed by atoms with Crippen molar-refractivity contribution in [2.24, 2.45) is 10.1 Å². The monoisotopic (exact) mass is 434 g/mol. The van der Waals surface area contributed by atoms with Gasteiger partial charge in [-0.2, -0.15) is 13.9 Å². The molecule has 30 heavy (non-hydrogen) atoms. The summed E-state index contributed by atoms with van der Waals surface area (Å²) in [6.45, 7) is 2.71. The number of rotatable bonds is 6. The van der Waals surface area contributed by atoms with Crippen LogP contribution in [0.1, 0.15) is 29.8 Å². The van der Waals surface area contributed by atoms with Gasteiger partial charge in [0.05, 0.1) is 18.4 Å². The van der Waals surface area contributed by atoms with E-state index in [9.17, 15) is 8.78 Å². The number of halogens is 2. The van der Waals surface area contributed by atoms with E-state index < -0.39 is 6.61 Å². The maximum absolute atomic E-state index is 12.4. The molecule has 2 aromatic rings. The lowest BCUT2D eigenvalue weighted by Gasteiger charge is -2.16. The fourth-order valence-corrected chi connectivity index (χ4v) is 4.51. The minimum Gasteiger partial charge on any atom is -0.435 e. The molecule has 1 aromatic heterocycles. The number of hydrogen-bond acceptors (Lipinski definition) is 5. The fourth-order valence-electron chi connectivity index (χ4n) is 3.74. The summed E-state index contributed by atoms with van der Waals surface area (Å²) in [4.78, 5) is 4.58. The molecule has 4 rings (SSSR count). The molecule has 1 aromatic carbocycles. The van der Waals surface area contributed by atoms with Gasteiger partial charge in [-0.25, -0.2) is 0 Å². The molecule has 0 bridgehead atoms. The number of hydrogen-bond donors (Lipinski definition) is 1. The second kappa shape index (κ2) is 9.18. The molecule has 9 heteroatoms. The number of thioether (sulfide) groups is 1. The molecule has 3 heterocycles. The Morgan fingerprint density at radius 3 is 2.77 bits per heavy atom. The van der Waals surface area contributed by atoms with E-state index in [1.807, 2.05) is 13.8 Å². The van der Waals surface area contributed by atoms with Crippen LogP contribution < -0.4 is 10.2 Å². The minimum atomic E-state index is -2.83. The Balaban J connectivity index is 1.49. The summed E-state index contributed by atoms with van der Waals surface area (Å²) < 4.78 is 36.9. The van der Waals surface area contributed by atoms with Gasteiger partial charge >= 0.3 is 6.61 Å². The lowest BCUT2D eigenvalue weighted by molar-refractivity contribution is -0.0498. The molecule has 6 nitrogen and oxygen atoms in total. The molecule has 1 fully saturated rings. The van der Waals surface area contributed by atoms with E-state index in [2.05, 4.69) is 30.9 Å². The molecule has 2 aliphatic rings. The summed E-state index contributed by atoms with van der Waals surface area (Å²) in [7, 11) is 0. The second-order valence-electron chi connectivity index (χ2n) is 7.23. The summed E-state index contributed by atoms with van der Waals surface area (Å²) in [5, 5.41) is 5.36. The lowest BCUT2D eigenvalue weighted by atomic mass is 10.1. The first-order chi connectivity index (χ1) is 14.5. The van der Waals surface area contributed by atoms with Gasteiger partial charge in [-0.1, -0.05) is 11.8 Å². The molecule has 2 aliphatic heterocycles. The first-order valence-corrected chi connectivity index (χ1v) is 10.9. The van der Waals surface area contributed by atoms with Crippen molar-refractivity contribution in [2.45, 2.75) is 39.4 Å². The van der Waals surface area contributed by atoms with Gasteiger partial charge in [0.1, 0.15) is 5.75 Å². The number of ether oxygens (including phenoxy) is 2. The minimum absolute atomic E-state index is 0.142. The summed E-state index contributed by atoms with van der Waals surface area (Å²) in [6, 6.07) is 8.73. The Hall–Kier alpha value is -2.39. The topological polar surface area (TPSA) is 60.1 Å². The maximum atomic E-state index is 12.4. The Morgan fingerprint density at radius 1 is 1.33 bits per heavy atom. The molecular formula is C21H24F2N4O2S. The zero-order chi connectivity index (χ0) is 21.1. The third kappa shape index (κ3) is 4.67. The number of nitrogens with zero attached hydrogens (tertiary/aromatic N) is 3. The highest BCUT2D eigenvalue weighted by atomic mass is 32.2. The quantitative estimate of drug-likeness (QED) is 0.738. The summed E-state index contributed by atoms with van der Waals surface area (Å²) >= 11 is 1.63. The second-order valence-corrected chi connectivity index (χ2v) is 8.20. The Morgan fingerprint density at radius 2 is 2.13 bits per heavy atom. The predicted molar refractivity (Wildman–Crippen MR) is 115 cm³/mol. The van der Waals surface area contributed by atoms with E-state index in [-0.39, 0.29) is 11.9 Å². The van der Waals surface area contributed by atoms with E-state index in [1.54, 1.807) is 36.0 Å². The van der Waals surface area contributed by atoms with Crippen molar-refractivity contribution in [3.8, 4) is 11.4 Å². The van der Waals surface area contributed by atoms with Gasteiger partial charge < -0.3 is 14.0 Å². The van der Waals surface area contributed by atoms with Gasteiger partial charge in [0, 0.05) is 35.0 Å². The standard InChI is InChI=1S/C21H24F2N4O2S/c1-13-10-18(14(2)27(13)15-5-7-16(8-6-15)29-20(22)23)19-12-30-21(26-25-19)24-11-17-4-3-9-28-17/h5-8,10,17,20H,3-4,9,11-12H2,1-2H3,(H,24,26)/t17-/m0/s1. The molecule has 0 amide bonds. The smallest absolute Gasteiger partial charge is 0.387 e. The Bertz CT molecular complexity index is 951. The Labute approximate surface area is 178 Å². The molecule has 0 saturated carbocycles. The highest BCUT2D eigenvalue weighted by molar-refractivity contribution is 8.14. The summed E-state index contributed by atoms with van der Waals surface area (Å²) in [5.74, 6) is 0.867. The van der Waals surface area contributed by atoms with Crippen molar-refractivity contribution in [2.75, 3.05) is 18.9 Å². The highest BCUT2D eigenvalue weighted by Gasteiger charge is 2.20. The Kier molecular flexibility index (Phi) is 6.38. The van der Waals surface area contributed by atoms with Crippen LogP contribution in [0.2, 0.25) is 0 Å². The van der Waals surface area contributed by atoms with Crippen molar-refractivity contribution in [3.05, 3.63) is 47.3 Å². The van der Waals surface area contributed by atoms with Gasteiger partial charge in [-0.15, -0.1) is 0 Å². The number of aromatic nitrogens is 1. The van der Waals surface area contributed by atoms with Crippen LogP contribution in [0.4, 0.5) is 8.78 Å². The normalized spacial score (nSPS) is 20.5. The average molecular weight is 435 g/mol. The molecule has 0 radical (unpaired) electrons. The molecule has 160 valence electrons. The van der Waals surface area contributed by atoms with Gasteiger partial charge in [0.25, 0.3) is 0 Å². The number of amidine groups is 1. The zero-order valence-electron chi connectivity index (χ0n) is 16.9. The van der Waals surface area contributed by atoms with Crippen LogP contribution >= 0.6 is 11.8 Å². The van der Waals surface area contributed by atoms with E-state index in [4.69, 9.17) is 4.74 Å². The molecule has 1 saturated heterocycles. The molecule has 0 spiro atoms. The third-order valence-electron chi connectivity index (χ3n) is 5.16. The average Bonchev–Trinajstić information content (AvgIpc) is 3.35. The summed E-state index contributed by atoms with van der Waals surface area (Å²) in [5.41, 5.74) is 8.03. The van der Waals surface area contributed by atoms with E-state index >= 15 is 0 Å². The van der Waals surface area contributed by atoms with Crippen LogP contribution in [0, 0.1) is 13.8 Å². The molecular weight excluding hydrogens is 410 g/mol. The SMILES string of the molecule is Cc1cc(C2=NNC(=NC[C@@H]3CCCO3)SC2)c(C)n1-c1ccc(OC(F)F)cc1. The molecule has 1 atom stereocenters.